The molecule has 0 atom stereocenters. The van der Waals surface area contributed by atoms with Gasteiger partial charge in [0.25, 0.3) is 0 Å². The molecular weight excluding hydrogens is 264 g/mol. The minimum absolute atomic E-state index is 0.320. The van der Waals surface area contributed by atoms with Gasteiger partial charge < -0.3 is 5.32 Å². The lowest BCUT2D eigenvalue weighted by Gasteiger charge is -2.07. The average molecular weight is 286 g/mol. The van der Waals surface area contributed by atoms with Gasteiger partial charge in [0.2, 0.25) is 10.0 Å². The Kier molecular flexibility index (Phi) is 4.27. The van der Waals surface area contributed by atoms with Crippen LogP contribution in [0.1, 0.15) is 31.2 Å². The van der Waals surface area contributed by atoms with Crippen molar-refractivity contribution in [2.45, 2.75) is 51.1 Å². The Morgan fingerprint density at radius 2 is 2.05 bits per heavy atom. The van der Waals surface area contributed by atoms with Gasteiger partial charge >= 0.3 is 0 Å². The molecule has 0 radical (unpaired) electrons. The van der Waals surface area contributed by atoms with Crippen LogP contribution in [0.15, 0.2) is 4.90 Å². The van der Waals surface area contributed by atoms with Crippen LogP contribution >= 0.6 is 0 Å². The third kappa shape index (κ3) is 3.34. The molecule has 0 aliphatic heterocycles. The molecule has 1 heterocycles. The zero-order valence-electron chi connectivity index (χ0n) is 11.7. The summed E-state index contributed by atoms with van der Waals surface area (Å²) in [5.41, 5.74) is 1.26. The molecule has 1 aromatic heterocycles. The molecule has 0 amide bonds. The van der Waals surface area contributed by atoms with Crippen LogP contribution in [0.4, 0.5) is 0 Å². The van der Waals surface area contributed by atoms with E-state index in [1.54, 1.807) is 25.5 Å². The van der Waals surface area contributed by atoms with Crippen molar-refractivity contribution in [3.8, 4) is 0 Å². The number of nitrogens with zero attached hydrogens (tertiary/aromatic N) is 2. The summed E-state index contributed by atoms with van der Waals surface area (Å²) in [6.07, 6.45) is 2.49. The van der Waals surface area contributed by atoms with Crippen LogP contribution in [0.5, 0.6) is 0 Å². The van der Waals surface area contributed by atoms with Gasteiger partial charge in [-0.05, 0) is 26.7 Å². The topological polar surface area (TPSA) is 76.0 Å². The van der Waals surface area contributed by atoms with Crippen molar-refractivity contribution in [2.75, 3.05) is 13.1 Å². The first kappa shape index (κ1) is 14.5. The molecule has 2 rings (SSSR count). The smallest absolute Gasteiger partial charge is 0.244 e. The van der Waals surface area contributed by atoms with E-state index in [0.29, 0.717) is 35.4 Å². The van der Waals surface area contributed by atoms with Gasteiger partial charge in [-0.2, -0.15) is 5.10 Å². The lowest BCUT2D eigenvalue weighted by molar-refractivity contribution is 0.539. The number of hydrogen-bond acceptors (Lipinski definition) is 4. The van der Waals surface area contributed by atoms with Crippen molar-refractivity contribution in [3.63, 3.8) is 0 Å². The molecule has 19 heavy (non-hydrogen) atoms. The summed E-state index contributed by atoms with van der Waals surface area (Å²) >= 11 is 0. The van der Waals surface area contributed by atoms with E-state index in [2.05, 4.69) is 15.1 Å². The van der Waals surface area contributed by atoms with Gasteiger partial charge in [-0.3, -0.25) is 4.68 Å². The third-order valence-corrected chi connectivity index (χ3v) is 5.05. The molecular formula is C12H22N4O2S. The molecule has 1 fully saturated rings. The molecule has 108 valence electrons. The predicted octanol–water partition coefficient (Wildman–Crippen LogP) is 0.550. The van der Waals surface area contributed by atoms with E-state index < -0.39 is 10.0 Å². The average Bonchev–Trinajstić information content (AvgIpc) is 3.06. The van der Waals surface area contributed by atoms with Crippen molar-refractivity contribution in [2.24, 2.45) is 0 Å². The number of aromatic nitrogens is 2. The Morgan fingerprint density at radius 1 is 1.37 bits per heavy atom. The summed E-state index contributed by atoms with van der Waals surface area (Å²) in [5.74, 6) is 0. The second-order valence-corrected chi connectivity index (χ2v) is 6.66. The maximum absolute atomic E-state index is 12.1. The third-order valence-electron chi connectivity index (χ3n) is 3.25. The van der Waals surface area contributed by atoms with Crippen molar-refractivity contribution in [3.05, 3.63) is 11.4 Å². The second-order valence-electron chi connectivity index (χ2n) is 4.95. The van der Waals surface area contributed by atoms with Crippen LogP contribution < -0.4 is 10.0 Å². The van der Waals surface area contributed by atoms with Gasteiger partial charge in [0, 0.05) is 19.1 Å². The number of aryl methyl sites for hydroxylation is 1. The summed E-state index contributed by atoms with van der Waals surface area (Å²) in [4.78, 5) is 0.320. The molecule has 0 bridgehead atoms. The molecule has 0 unspecified atom stereocenters. The number of nitrogens with one attached hydrogen (secondary N) is 2. The van der Waals surface area contributed by atoms with Crippen molar-refractivity contribution < 1.29 is 8.42 Å². The van der Waals surface area contributed by atoms with Gasteiger partial charge in [0.1, 0.15) is 4.90 Å². The van der Waals surface area contributed by atoms with E-state index in [0.717, 1.165) is 6.54 Å². The highest BCUT2D eigenvalue weighted by molar-refractivity contribution is 7.89. The Balaban J connectivity index is 2.13. The SMILES string of the molecule is CCNS(=O)(=O)c1c(C)nn(CCNC2CC2)c1C. The molecule has 7 heteroatoms. The van der Waals surface area contributed by atoms with E-state index in [-0.39, 0.29) is 0 Å². The molecule has 6 nitrogen and oxygen atoms in total. The van der Waals surface area contributed by atoms with Crippen molar-refractivity contribution in [1.29, 1.82) is 0 Å². The molecule has 0 spiro atoms. The van der Waals surface area contributed by atoms with Gasteiger partial charge in [-0.25, -0.2) is 13.1 Å². The van der Waals surface area contributed by atoms with Crippen molar-refractivity contribution >= 4 is 10.0 Å². The summed E-state index contributed by atoms with van der Waals surface area (Å²) in [7, 11) is -3.43. The summed E-state index contributed by atoms with van der Waals surface area (Å²) in [6, 6.07) is 0.655. The number of rotatable bonds is 7. The standard InChI is InChI=1S/C12H22N4O2S/c1-4-14-19(17,18)12-9(2)15-16(10(12)3)8-7-13-11-5-6-11/h11,13-14H,4-8H2,1-3H3. The lowest BCUT2D eigenvalue weighted by Crippen LogP contribution is -2.25. The highest BCUT2D eigenvalue weighted by atomic mass is 32.2. The van der Waals surface area contributed by atoms with Gasteiger partial charge in [0.15, 0.2) is 0 Å². The van der Waals surface area contributed by atoms with Gasteiger partial charge in [-0.1, -0.05) is 6.92 Å². The first-order valence-corrected chi connectivity index (χ1v) is 8.21. The zero-order chi connectivity index (χ0) is 14.0. The highest BCUT2D eigenvalue weighted by Gasteiger charge is 2.24. The minimum atomic E-state index is -3.43. The maximum atomic E-state index is 12.1. The highest BCUT2D eigenvalue weighted by Crippen LogP contribution is 2.20. The molecule has 1 aliphatic rings. The Labute approximate surface area is 114 Å². The first-order valence-electron chi connectivity index (χ1n) is 6.72. The molecule has 0 saturated heterocycles. The van der Waals surface area contributed by atoms with E-state index in [9.17, 15) is 8.42 Å². The largest absolute Gasteiger partial charge is 0.312 e. The monoisotopic (exact) mass is 286 g/mol. The summed E-state index contributed by atoms with van der Waals surface area (Å²) in [6.45, 7) is 7.23. The lowest BCUT2D eigenvalue weighted by atomic mass is 10.4. The molecule has 1 aliphatic carbocycles. The van der Waals surface area contributed by atoms with Crippen LogP contribution in [0.3, 0.4) is 0 Å². The molecule has 1 saturated carbocycles. The molecule has 1 aromatic rings. The van der Waals surface area contributed by atoms with E-state index in [4.69, 9.17) is 0 Å². The van der Waals surface area contributed by atoms with E-state index in [1.165, 1.54) is 12.8 Å². The fraction of sp³-hybridized carbons (Fsp3) is 0.750. The van der Waals surface area contributed by atoms with Gasteiger partial charge in [0.05, 0.1) is 17.9 Å². The molecule has 0 aromatic carbocycles. The van der Waals surface area contributed by atoms with Crippen LogP contribution in [0.2, 0.25) is 0 Å². The Morgan fingerprint density at radius 3 is 2.63 bits per heavy atom. The second kappa shape index (κ2) is 5.60. The van der Waals surface area contributed by atoms with Crippen LogP contribution in [-0.2, 0) is 16.6 Å². The van der Waals surface area contributed by atoms with Crippen LogP contribution in [0.25, 0.3) is 0 Å². The number of sulfonamides is 1. The number of hydrogen-bond donors (Lipinski definition) is 2. The zero-order valence-corrected chi connectivity index (χ0v) is 12.5. The quantitative estimate of drug-likeness (QED) is 0.767. The first-order chi connectivity index (χ1) is 8.95. The van der Waals surface area contributed by atoms with Crippen LogP contribution in [-0.4, -0.2) is 37.3 Å². The van der Waals surface area contributed by atoms with E-state index in [1.807, 2.05) is 0 Å². The molecule has 2 N–H and O–H groups in total. The van der Waals surface area contributed by atoms with Gasteiger partial charge in [-0.15, -0.1) is 0 Å². The summed E-state index contributed by atoms with van der Waals surface area (Å²) < 4.78 is 28.5. The fourth-order valence-electron chi connectivity index (χ4n) is 2.21. The minimum Gasteiger partial charge on any atom is -0.312 e. The maximum Gasteiger partial charge on any atom is 0.244 e. The predicted molar refractivity (Wildman–Crippen MR) is 73.6 cm³/mol. The Hall–Kier alpha value is -0.920. The van der Waals surface area contributed by atoms with E-state index >= 15 is 0 Å². The Bertz CT molecular complexity index is 546. The summed E-state index contributed by atoms with van der Waals surface area (Å²) in [5, 5.41) is 7.73. The van der Waals surface area contributed by atoms with Crippen LogP contribution in [0, 0.1) is 13.8 Å². The fourth-order valence-corrected chi connectivity index (χ4v) is 3.66. The van der Waals surface area contributed by atoms with Crippen molar-refractivity contribution in [1.82, 2.24) is 19.8 Å². The normalized spacial score (nSPS) is 15.9.